The third kappa shape index (κ3) is 2.80. The Morgan fingerprint density at radius 1 is 1.37 bits per heavy atom. The average Bonchev–Trinajstić information content (AvgIpc) is 2.66. The molecule has 5 nitrogen and oxygen atoms in total. The van der Waals surface area contributed by atoms with Gasteiger partial charge in [0.1, 0.15) is 6.42 Å². The van der Waals surface area contributed by atoms with E-state index in [9.17, 15) is 14.4 Å². The van der Waals surface area contributed by atoms with E-state index < -0.39 is 11.7 Å². The number of esters is 1. The summed E-state index contributed by atoms with van der Waals surface area (Å²) in [5.74, 6) is 3.84. The number of rotatable bonds is 2. The number of ether oxygens (including phenoxy) is 1. The number of benzene rings is 1. The number of carbonyl (C=O) groups excluding carboxylic acids is 3. The Labute approximate surface area is 109 Å². The molecule has 0 aromatic heterocycles. The van der Waals surface area contributed by atoms with Gasteiger partial charge in [-0.05, 0) is 25.1 Å². The summed E-state index contributed by atoms with van der Waals surface area (Å²) >= 11 is 0. The fraction of sp³-hybridized carbons (Fsp3) is 0.214. The minimum Gasteiger partial charge on any atom is -0.465 e. The molecule has 96 valence electrons. The number of ketones is 1. The lowest BCUT2D eigenvalue weighted by atomic mass is 10.1. The first-order valence-corrected chi connectivity index (χ1v) is 5.76. The highest BCUT2D eigenvalue weighted by Crippen LogP contribution is 2.23. The summed E-state index contributed by atoms with van der Waals surface area (Å²) in [6, 6.07) is 4.83. The smallest absolute Gasteiger partial charge is 0.317 e. The molecule has 1 aliphatic heterocycles. The molecule has 1 aliphatic rings. The summed E-state index contributed by atoms with van der Waals surface area (Å²) in [5.41, 5.74) is 1.38. The van der Waals surface area contributed by atoms with Crippen LogP contribution in [0.1, 0.15) is 29.3 Å². The normalized spacial score (nSPS) is 12.3. The predicted molar refractivity (Wildman–Crippen MR) is 67.5 cm³/mol. The van der Waals surface area contributed by atoms with Crippen LogP contribution in [-0.4, -0.2) is 24.3 Å². The second-order valence-electron chi connectivity index (χ2n) is 3.83. The fourth-order valence-electron chi connectivity index (χ4n) is 1.65. The highest BCUT2D eigenvalue weighted by atomic mass is 16.5. The van der Waals surface area contributed by atoms with Crippen LogP contribution in [-0.2, 0) is 14.3 Å². The summed E-state index contributed by atoms with van der Waals surface area (Å²) in [4.78, 5) is 33.7. The summed E-state index contributed by atoms with van der Waals surface area (Å²) in [7, 11) is 0. The molecular weight excluding hydrogens is 246 g/mol. The van der Waals surface area contributed by atoms with Crippen LogP contribution < -0.4 is 5.32 Å². The lowest BCUT2D eigenvalue weighted by molar-refractivity contribution is -0.141. The molecular formula is C14H11NO4. The fourth-order valence-corrected chi connectivity index (χ4v) is 1.65. The number of amides is 1. The molecule has 19 heavy (non-hydrogen) atoms. The van der Waals surface area contributed by atoms with Gasteiger partial charge >= 0.3 is 5.97 Å². The third-order valence-corrected chi connectivity index (χ3v) is 2.49. The Hall–Kier alpha value is -2.61. The van der Waals surface area contributed by atoms with Crippen molar-refractivity contribution in [2.75, 3.05) is 11.9 Å². The second-order valence-corrected chi connectivity index (χ2v) is 3.83. The van der Waals surface area contributed by atoms with Crippen molar-refractivity contribution in [2.24, 2.45) is 0 Å². The molecule has 1 heterocycles. The minimum absolute atomic E-state index is 0.00392. The van der Waals surface area contributed by atoms with Gasteiger partial charge in [0.05, 0.1) is 17.9 Å². The van der Waals surface area contributed by atoms with Crippen LogP contribution in [0.5, 0.6) is 0 Å². The molecule has 5 heteroatoms. The van der Waals surface area contributed by atoms with E-state index in [4.69, 9.17) is 4.74 Å². The van der Waals surface area contributed by atoms with Gasteiger partial charge in [0.2, 0.25) is 0 Å². The maximum atomic E-state index is 11.5. The molecule has 1 aromatic rings. The van der Waals surface area contributed by atoms with E-state index in [-0.39, 0.29) is 12.4 Å². The Balaban J connectivity index is 2.12. The van der Waals surface area contributed by atoms with E-state index in [1.165, 1.54) is 6.07 Å². The van der Waals surface area contributed by atoms with Crippen LogP contribution >= 0.6 is 0 Å². The third-order valence-electron chi connectivity index (χ3n) is 2.49. The quantitative estimate of drug-likeness (QED) is 0.489. The van der Waals surface area contributed by atoms with Gasteiger partial charge in [-0.1, -0.05) is 11.8 Å². The molecule has 0 aliphatic carbocycles. The molecule has 1 amide bonds. The van der Waals surface area contributed by atoms with Crippen molar-refractivity contribution in [3.05, 3.63) is 29.3 Å². The Morgan fingerprint density at radius 3 is 2.89 bits per heavy atom. The van der Waals surface area contributed by atoms with Gasteiger partial charge < -0.3 is 10.1 Å². The number of hydrogen-bond acceptors (Lipinski definition) is 4. The summed E-state index contributed by atoms with van der Waals surface area (Å²) < 4.78 is 4.73. The largest absolute Gasteiger partial charge is 0.465 e. The SMILES string of the molecule is CCOC(=O)CC#Cc1ccc2c(c1)C(=O)C(=O)N2. The molecule has 2 rings (SSSR count). The maximum Gasteiger partial charge on any atom is 0.317 e. The van der Waals surface area contributed by atoms with Crippen LogP contribution in [0.15, 0.2) is 18.2 Å². The first-order valence-electron chi connectivity index (χ1n) is 5.76. The molecule has 0 unspecified atom stereocenters. The molecule has 0 bridgehead atoms. The van der Waals surface area contributed by atoms with Crippen LogP contribution in [0.2, 0.25) is 0 Å². The van der Waals surface area contributed by atoms with E-state index in [0.717, 1.165) is 0 Å². The number of Topliss-reactive ketones (excluding diaryl/α,β-unsaturated/α-hetero) is 1. The van der Waals surface area contributed by atoms with E-state index in [0.29, 0.717) is 23.4 Å². The van der Waals surface area contributed by atoms with Crippen molar-refractivity contribution in [2.45, 2.75) is 13.3 Å². The lowest BCUT2D eigenvalue weighted by Gasteiger charge is -1.97. The molecule has 0 spiro atoms. The Morgan fingerprint density at radius 2 is 2.16 bits per heavy atom. The van der Waals surface area contributed by atoms with Crippen LogP contribution in [0, 0.1) is 11.8 Å². The molecule has 0 atom stereocenters. The molecule has 1 aromatic carbocycles. The van der Waals surface area contributed by atoms with E-state index in [1.54, 1.807) is 19.1 Å². The van der Waals surface area contributed by atoms with E-state index in [1.807, 2.05) is 0 Å². The molecule has 0 radical (unpaired) electrons. The Kier molecular flexibility index (Phi) is 3.62. The zero-order valence-corrected chi connectivity index (χ0v) is 10.3. The number of carbonyl (C=O) groups is 3. The topological polar surface area (TPSA) is 72.5 Å². The minimum atomic E-state index is -0.633. The zero-order valence-electron chi connectivity index (χ0n) is 10.3. The van der Waals surface area contributed by atoms with Gasteiger partial charge in [-0.3, -0.25) is 14.4 Å². The maximum absolute atomic E-state index is 11.5. The van der Waals surface area contributed by atoms with Gasteiger partial charge in [-0.15, -0.1) is 0 Å². The highest BCUT2D eigenvalue weighted by molar-refractivity contribution is 6.51. The summed E-state index contributed by atoms with van der Waals surface area (Å²) in [6.45, 7) is 2.04. The molecule has 0 saturated carbocycles. The zero-order chi connectivity index (χ0) is 13.8. The van der Waals surface area contributed by atoms with Crippen molar-refractivity contribution in [1.82, 2.24) is 0 Å². The van der Waals surface area contributed by atoms with Gasteiger partial charge in [0.25, 0.3) is 11.7 Å². The van der Waals surface area contributed by atoms with Crippen molar-refractivity contribution < 1.29 is 19.1 Å². The number of nitrogens with one attached hydrogen (secondary N) is 1. The molecule has 1 N–H and O–H groups in total. The van der Waals surface area contributed by atoms with Crippen molar-refractivity contribution in [3.8, 4) is 11.8 Å². The summed E-state index contributed by atoms with van der Waals surface area (Å²) in [6.07, 6.45) is -0.00392. The van der Waals surface area contributed by atoms with Gasteiger partial charge in [0.15, 0.2) is 0 Å². The van der Waals surface area contributed by atoms with Crippen molar-refractivity contribution in [1.29, 1.82) is 0 Å². The van der Waals surface area contributed by atoms with Gasteiger partial charge in [0, 0.05) is 5.56 Å². The van der Waals surface area contributed by atoms with E-state index >= 15 is 0 Å². The van der Waals surface area contributed by atoms with E-state index in [2.05, 4.69) is 17.2 Å². The number of hydrogen-bond donors (Lipinski definition) is 1. The van der Waals surface area contributed by atoms with Crippen LogP contribution in [0.25, 0.3) is 0 Å². The molecule has 0 fully saturated rings. The predicted octanol–water partition coefficient (Wildman–Crippen LogP) is 1.13. The lowest BCUT2D eigenvalue weighted by Crippen LogP contribution is -2.12. The van der Waals surface area contributed by atoms with Crippen molar-refractivity contribution >= 4 is 23.3 Å². The first-order chi connectivity index (χ1) is 9.11. The van der Waals surface area contributed by atoms with Crippen LogP contribution in [0.4, 0.5) is 5.69 Å². The number of fused-ring (bicyclic) bond motifs is 1. The number of anilines is 1. The average molecular weight is 257 g/mol. The van der Waals surface area contributed by atoms with Gasteiger partial charge in [-0.2, -0.15) is 0 Å². The standard InChI is InChI=1S/C14H11NO4/c1-2-19-12(16)5-3-4-9-6-7-11-10(8-9)13(17)14(18)15-11/h6-8H,2,5H2,1H3,(H,15,17,18). The van der Waals surface area contributed by atoms with Crippen LogP contribution in [0.3, 0.4) is 0 Å². The second kappa shape index (κ2) is 5.36. The molecule has 0 saturated heterocycles. The summed E-state index contributed by atoms with van der Waals surface area (Å²) in [5, 5.41) is 2.45. The monoisotopic (exact) mass is 257 g/mol. The highest BCUT2D eigenvalue weighted by Gasteiger charge is 2.27. The van der Waals surface area contributed by atoms with Crippen molar-refractivity contribution in [3.63, 3.8) is 0 Å². The first kappa shape index (κ1) is 12.8. The Bertz CT molecular complexity index is 622. The van der Waals surface area contributed by atoms with Gasteiger partial charge in [-0.25, -0.2) is 0 Å².